The zero-order valence-corrected chi connectivity index (χ0v) is 7.87. The third kappa shape index (κ3) is 6.10. The van der Waals surface area contributed by atoms with E-state index in [0.717, 1.165) is 0 Å². The molecule has 76 valence electrons. The smallest absolute Gasteiger partial charge is 0.309 e. The van der Waals surface area contributed by atoms with Crippen LogP contribution in [0.15, 0.2) is 0 Å². The van der Waals surface area contributed by atoms with Crippen molar-refractivity contribution in [2.45, 2.75) is 13.3 Å². The first-order valence-corrected chi connectivity index (χ1v) is 4.11. The number of hydrogen-bond donors (Lipinski definition) is 2. The molecule has 1 atom stereocenters. The predicted molar refractivity (Wildman–Crippen MR) is 46.3 cm³/mol. The molecule has 0 saturated heterocycles. The monoisotopic (exact) mass is 189 g/mol. The minimum absolute atomic E-state index is 0.182. The maximum Gasteiger partial charge on any atom is 0.309 e. The van der Waals surface area contributed by atoms with Crippen LogP contribution in [0.1, 0.15) is 13.3 Å². The molecule has 2 N–H and O–H groups in total. The maximum absolute atomic E-state index is 11.0. The molecule has 0 aromatic rings. The maximum atomic E-state index is 11.0. The SMILES string of the molecule is CNCCOC(=O)[C@H](C)CC(=O)O. The highest BCUT2D eigenvalue weighted by Gasteiger charge is 2.17. The molecule has 13 heavy (non-hydrogen) atoms. The number of hydrogen-bond acceptors (Lipinski definition) is 4. The quantitative estimate of drug-likeness (QED) is 0.449. The van der Waals surface area contributed by atoms with E-state index in [0.29, 0.717) is 6.54 Å². The summed E-state index contributed by atoms with van der Waals surface area (Å²) in [6, 6.07) is 0. The topological polar surface area (TPSA) is 75.6 Å². The number of nitrogens with one attached hydrogen (secondary N) is 1. The molecule has 0 radical (unpaired) electrons. The van der Waals surface area contributed by atoms with Crippen molar-refractivity contribution in [1.29, 1.82) is 0 Å². The summed E-state index contributed by atoms with van der Waals surface area (Å²) in [5.74, 6) is -2.02. The summed E-state index contributed by atoms with van der Waals surface area (Å²) in [6.45, 7) is 2.39. The third-order valence-corrected chi connectivity index (χ3v) is 1.48. The van der Waals surface area contributed by atoms with Crippen molar-refractivity contribution in [3.05, 3.63) is 0 Å². The highest BCUT2D eigenvalue weighted by atomic mass is 16.5. The van der Waals surface area contributed by atoms with E-state index in [2.05, 4.69) is 5.32 Å². The molecule has 5 nitrogen and oxygen atoms in total. The number of carboxylic acids is 1. The van der Waals surface area contributed by atoms with Gasteiger partial charge in [-0.05, 0) is 7.05 Å². The number of aliphatic carboxylic acids is 1. The van der Waals surface area contributed by atoms with Gasteiger partial charge in [-0.1, -0.05) is 6.92 Å². The van der Waals surface area contributed by atoms with Crippen molar-refractivity contribution < 1.29 is 19.4 Å². The first-order valence-electron chi connectivity index (χ1n) is 4.11. The van der Waals surface area contributed by atoms with Crippen molar-refractivity contribution in [2.24, 2.45) is 5.92 Å². The van der Waals surface area contributed by atoms with Gasteiger partial charge in [-0.15, -0.1) is 0 Å². The number of likely N-dealkylation sites (N-methyl/N-ethyl adjacent to an activating group) is 1. The van der Waals surface area contributed by atoms with E-state index < -0.39 is 17.9 Å². The highest BCUT2D eigenvalue weighted by molar-refractivity contribution is 5.78. The van der Waals surface area contributed by atoms with Crippen LogP contribution in [0.5, 0.6) is 0 Å². The molecule has 0 bridgehead atoms. The van der Waals surface area contributed by atoms with Gasteiger partial charge in [0.2, 0.25) is 0 Å². The summed E-state index contributed by atoms with van der Waals surface area (Å²) in [5, 5.41) is 11.2. The Bertz CT molecular complexity index is 181. The van der Waals surface area contributed by atoms with Gasteiger partial charge in [-0.2, -0.15) is 0 Å². The first-order chi connectivity index (χ1) is 6.07. The number of carbonyl (C=O) groups excluding carboxylic acids is 1. The second kappa shape index (κ2) is 6.42. The van der Waals surface area contributed by atoms with E-state index in [9.17, 15) is 9.59 Å². The van der Waals surface area contributed by atoms with Crippen molar-refractivity contribution in [3.8, 4) is 0 Å². The lowest BCUT2D eigenvalue weighted by Crippen LogP contribution is -2.22. The van der Waals surface area contributed by atoms with Gasteiger partial charge < -0.3 is 15.2 Å². The molecular formula is C8H15NO4. The summed E-state index contributed by atoms with van der Waals surface area (Å²) in [5.41, 5.74) is 0. The van der Waals surface area contributed by atoms with Crippen molar-refractivity contribution >= 4 is 11.9 Å². The molecule has 0 heterocycles. The molecule has 0 unspecified atom stereocenters. The number of ether oxygens (including phenoxy) is 1. The van der Waals surface area contributed by atoms with E-state index in [1.807, 2.05) is 0 Å². The van der Waals surface area contributed by atoms with E-state index in [4.69, 9.17) is 9.84 Å². The average Bonchev–Trinajstić information content (AvgIpc) is 2.03. The van der Waals surface area contributed by atoms with Gasteiger partial charge in [-0.3, -0.25) is 9.59 Å². The predicted octanol–water partition coefficient (Wildman–Crippen LogP) is -0.140. The number of carboxylic acid groups (broad SMARTS) is 1. The summed E-state index contributed by atoms with van der Waals surface area (Å²) in [7, 11) is 1.74. The largest absolute Gasteiger partial charge is 0.481 e. The summed E-state index contributed by atoms with van der Waals surface area (Å²) in [4.78, 5) is 21.3. The van der Waals surface area contributed by atoms with Gasteiger partial charge in [0, 0.05) is 6.54 Å². The lowest BCUT2D eigenvalue weighted by Gasteiger charge is -2.08. The van der Waals surface area contributed by atoms with Gasteiger partial charge in [0.15, 0.2) is 0 Å². The molecule has 0 aromatic heterocycles. The molecule has 0 aromatic carbocycles. The summed E-state index contributed by atoms with van der Waals surface area (Å²) in [6.07, 6.45) is -0.182. The molecule has 0 spiro atoms. The fourth-order valence-corrected chi connectivity index (χ4v) is 0.741. The minimum atomic E-state index is -0.988. The molecule has 0 aliphatic carbocycles. The van der Waals surface area contributed by atoms with Gasteiger partial charge in [-0.25, -0.2) is 0 Å². The van der Waals surface area contributed by atoms with Crippen molar-refractivity contribution in [2.75, 3.05) is 20.2 Å². The summed E-state index contributed by atoms with van der Waals surface area (Å²) >= 11 is 0. The average molecular weight is 189 g/mol. The Kier molecular flexibility index (Phi) is 5.88. The Morgan fingerprint density at radius 1 is 1.54 bits per heavy atom. The van der Waals surface area contributed by atoms with Crippen molar-refractivity contribution in [1.82, 2.24) is 5.32 Å². The normalized spacial score (nSPS) is 12.2. The highest BCUT2D eigenvalue weighted by Crippen LogP contribution is 2.03. The molecule has 0 aliphatic rings. The molecule has 0 rings (SSSR count). The molecule has 5 heteroatoms. The van der Waals surface area contributed by atoms with Gasteiger partial charge in [0.25, 0.3) is 0 Å². The third-order valence-electron chi connectivity index (χ3n) is 1.48. The van der Waals surface area contributed by atoms with Gasteiger partial charge in [0.05, 0.1) is 12.3 Å². The lowest BCUT2D eigenvalue weighted by molar-refractivity contribution is -0.152. The molecule has 0 fully saturated rings. The van der Waals surface area contributed by atoms with Crippen LogP contribution >= 0.6 is 0 Å². The molecular weight excluding hydrogens is 174 g/mol. The lowest BCUT2D eigenvalue weighted by atomic mass is 10.1. The van der Waals surface area contributed by atoms with Crippen LogP contribution in [-0.4, -0.2) is 37.2 Å². The van der Waals surface area contributed by atoms with Crippen molar-refractivity contribution in [3.63, 3.8) is 0 Å². The molecule has 0 saturated carbocycles. The van der Waals surface area contributed by atoms with Crippen LogP contribution < -0.4 is 5.32 Å². The second-order valence-corrected chi connectivity index (χ2v) is 2.77. The standard InChI is InChI=1S/C8H15NO4/c1-6(5-7(10)11)8(12)13-4-3-9-2/h6,9H,3-5H2,1-2H3,(H,10,11)/t6-/m1/s1. The van der Waals surface area contributed by atoms with E-state index in [-0.39, 0.29) is 13.0 Å². The van der Waals surface area contributed by atoms with Gasteiger partial charge >= 0.3 is 11.9 Å². The number of rotatable bonds is 6. The summed E-state index contributed by atoms with van der Waals surface area (Å²) < 4.78 is 4.78. The molecule has 0 aliphatic heterocycles. The van der Waals surface area contributed by atoms with E-state index in [1.165, 1.54) is 6.92 Å². The second-order valence-electron chi connectivity index (χ2n) is 2.77. The van der Waals surface area contributed by atoms with Crippen LogP contribution in [-0.2, 0) is 14.3 Å². The zero-order chi connectivity index (χ0) is 10.3. The van der Waals surface area contributed by atoms with Crippen LogP contribution in [0.3, 0.4) is 0 Å². The van der Waals surface area contributed by atoms with Crippen LogP contribution in [0.2, 0.25) is 0 Å². The van der Waals surface area contributed by atoms with Gasteiger partial charge in [0.1, 0.15) is 6.61 Å². The van der Waals surface area contributed by atoms with Crippen LogP contribution in [0.25, 0.3) is 0 Å². The Labute approximate surface area is 77.1 Å². The number of carbonyl (C=O) groups is 2. The number of esters is 1. The van der Waals surface area contributed by atoms with E-state index >= 15 is 0 Å². The van der Waals surface area contributed by atoms with E-state index in [1.54, 1.807) is 7.05 Å². The first kappa shape index (κ1) is 11.9. The minimum Gasteiger partial charge on any atom is -0.481 e. The zero-order valence-electron chi connectivity index (χ0n) is 7.87. The Morgan fingerprint density at radius 2 is 2.15 bits per heavy atom. The Balaban J connectivity index is 3.63. The van der Waals surface area contributed by atoms with Crippen LogP contribution in [0.4, 0.5) is 0 Å². The van der Waals surface area contributed by atoms with Crippen LogP contribution in [0, 0.1) is 5.92 Å². The Hall–Kier alpha value is -1.10. The Morgan fingerprint density at radius 3 is 2.62 bits per heavy atom. The fourth-order valence-electron chi connectivity index (χ4n) is 0.741. The fraction of sp³-hybridized carbons (Fsp3) is 0.750. The molecule has 0 amide bonds.